The van der Waals surface area contributed by atoms with Crippen LogP contribution in [0.4, 0.5) is 4.39 Å². The second kappa shape index (κ2) is 7.04. The summed E-state index contributed by atoms with van der Waals surface area (Å²) in [6.07, 6.45) is 3.00. The number of piperidine rings is 1. The topological polar surface area (TPSA) is 55.6 Å². The van der Waals surface area contributed by atoms with Crippen LogP contribution < -0.4 is 10.5 Å². The number of rotatable bonds is 4. The zero-order valence-corrected chi connectivity index (χ0v) is 12.7. The quantitative estimate of drug-likeness (QED) is 0.911. The average molecular weight is 345 g/mol. The third-order valence-electron chi connectivity index (χ3n) is 3.46. The maximum Gasteiger partial charge on any atom is 0.260 e. The van der Waals surface area contributed by atoms with Gasteiger partial charge in [0.1, 0.15) is 0 Å². The van der Waals surface area contributed by atoms with Crippen molar-refractivity contribution >= 4 is 21.8 Å². The molecule has 20 heavy (non-hydrogen) atoms. The summed E-state index contributed by atoms with van der Waals surface area (Å²) in [6.45, 7) is 1.00. The number of nitrogens with two attached hydrogens (primary N) is 1. The summed E-state index contributed by atoms with van der Waals surface area (Å²) in [5, 5.41) is 0. The van der Waals surface area contributed by atoms with Crippen molar-refractivity contribution in [1.29, 1.82) is 0 Å². The van der Waals surface area contributed by atoms with E-state index in [0.29, 0.717) is 17.6 Å². The summed E-state index contributed by atoms with van der Waals surface area (Å²) in [5.41, 5.74) is 5.68. The van der Waals surface area contributed by atoms with Gasteiger partial charge in [0.2, 0.25) is 0 Å². The van der Waals surface area contributed by atoms with E-state index in [1.54, 1.807) is 11.0 Å². The van der Waals surface area contributed by atoms with Gasteiger partial charge >= 0.3 is 0 Å². The van der Waals surface area contributed by atoms with Crippen LogP contribution in [0.15, 0.2) is 22.7 Å². The molecule has 4 nitrogen and oxygen atoms in total. The number of ether oxygens (including phenoxy) is 1. The molecule has 1 fully saturated rings. The van der Waals surface area contributed by atoms with Crippen molar-refractivity contribution in [2.75, 3.05) is 19.7 Å². The van der Waals surface area contributed by atoms with Crippen LogP contribution in [-0.4, -0.2) is 36.5 Å². The van der Waals surface area contributed by atoms with Crippen molar-refractivity contribution < 1.29 is 13.9 Å². The molecular weight excluding hydrogens is 327 g/mol. The minimum atomic E-state index is -0.485. The first-order chi connectivity index (χ1) is 9.61. The number of carbonyl (C=O) groups excluding carboxylic acids is 1. The highest BCUT2D eigenvalue weighted by Crippen LogP contribution is 2.22. The van der Waals surface area contributed by atoms with E-state index in [9.17, 15) is 9.18 Å². The van der Waals surface area contributed by atoms with Gasteiger partial charge in [-0.1, -0.05) is 15.9 Å². The predicted octanol–water partition coefficient (Wildman–Crippen LogP) is 2.31. The molecule has 1 atom stereocenters. The van der Waals surface area contributed by atoms with E-state index in [-0.39, 0.29) is 24.3 Å². The lowest BCUT2D eigenvalue weighted by Gasteiger charge is -2.34. The van der Waals surface area contributed by atoms with Crippen LogP contribution in [-0.2, 0) is 4.79 Å². The van der Waals surface area contributed by atoms with E-state index in [2.05, 4.69) is 15.9 Å². The first-order valence-electron chi connectivity index (χ1n) is 6.69. The van der Waals surface area contributed by atoms with Crippen LogP contribution in [0.2, 0.25) is 0 Å². The fourth-order valence-corrected chi connectivity index (χ4v) is 2.72. The summed E-state index contributed by atoms with van der Waals surface area (Å²) < 4.78 is 19.5. The van der Waals surface area contributed by atoms with Crippen LogP contribution in [0.5, 0.6) is 5.75 Å². The zero-order valence-electron chi connectivity index (χ0n) is 11.1. The van der Waals surface area contributed by atoms with Crippen molar-refractivity contribution in [1.82, 2.24) is 4.90 Å². The zero-order chi connectivity index (χ0) is 14.5. The summed E-state index contributed by atoms with van der Waals surface area (Å²) >= 11 is 3.17. The second-order valence-electron chi connectivity index (χ2n) is 4.84. The van der Waals surface area contributed by atoms with E-state index in [1.165, 1.54) is 12.1 Å². The summed E-state index contributed by atoms with van der Waals surface area (Å²) in [5.74, 6) is -0.536. The SMILES string of the molecule is NC[C@H]1CCCCN1C(=O)COc1ccc(Br)cc1F. The number of benzene rings is 1. The molecule has 1 amide bonds. The molecule has 0 saturated carbocycles. The van der Waals surface area contributed by atoms with Crippen LogP contribution in [0.25, 0.3) is 0 Å². The molecule has 1 aromatic rings. The Kier molecular flexibility index (Phi) is 5.37. The summed E-state index contributed by atoms with van der Waals surface area (Å²) in [6, 6.07) is 4.56. The molecule has 6 heteroatoms. The molecular formula is C14H18BrFN2O2. The average Bonchev–Trinajstić information content (AvgIpc) is 2.46. The molecule has 0 aliphatic carbocycles. The van der Waals surface area contributed by atoms with Gasteiger partial charge in [-0.15, -0.1) is 0 Å². The van der Waals surface area contributed by atoms with Crippen LogP contribution in [0.1, 0.15) is 19.3 Å². The highest BCUT2D eigenvalue weighted by molar-refractivity contribution is 9.10. The first kappa shape index (κ1) is 15.3. The monoisotopic (exact) mass is 344 g/mol. The molecule has 1 heterocycles. The van der Waals surface area contributed by atoms with Crippen molar-refractivity contribution in [2.45, 2.75) is 25.3 Å². The number of hydrogen-bond acceptors (Lipinski definition) is 3. The predicted molar refractivity (Wildman–Crippen MR) is 78.0 cm³/mol. The van der Waals surface area contributed by atoms with Gasteiger partial charge in [0.25, 0.3) is 5.91 Å². The lowest BCUT2D eigenvalue weighted by molar-refractivity contribution is -0.136. The normalized spacial score (nSPS) is 18.9. The van der Waals surface area contributed by atoms with Gasteiger partial charge < -0.3 is 15.4 Å². The fourth-order valence-electron chi connectivity index (χ4n) is 2.39. The van der Waals surface area contributed by atoms with E-state index >= 15 is 0 Å². The Labute approximate surface area is 126 Å². The molecule has 2 N–H and O–H groups in total. The Bertz CT molecular complexity index is 484. The summed E-state index contributed by atoms with van der Waals surface area (Å²) in [7, 11) is 0. The molecule has 1 saturated heterocycles. The number of carbonyl (C=O) groups is 1. The van der Waals surface area contributed by atoms with E-state index in [1.807, 2.05) is 0 Å². The van der Waals surface area contributed by atoms with Gasteiger partial charge in [-0.2, -0.15) is 0 Å². The van der Waals surface area contributed by atoms with E-state index in [4.69, 9.17) is 10.5 Å². The molecule has 0 unspecified atom stereocenters. The minimum Gasteiger partial charge on any atom is -0.481 e. The number of amides is 1. The smallest absolute Gasteiger partial charge is 0.260 e. The Hall–Kier alpha value is -1.14. The maximum absolute atomic E-state index is 13.6. The lowest BCUT2D eigenvalue weighted by Crippen LogP contribution is -2.49. The summed E-state index contributed by atoms with van der Waals surface area (Å²) in [4.78, 5) is 13.9. The first-order valence-corrected chi connectivity index (χ1v) is 7.48. The van der Waals surface area contributed by atoms with Crippen molar-refractivity contribution in [3.63, 3.8) is 0 Å². The molecule has 2 rings (SSSR count). The number of likely N-dealkylation sites (tertiary alicyclic amines) is 1. The van der Waals surface area contributed by atoms with E-state index < -0.39 is 5.82 Å². The molecule has 110 valence electrons. The molecule has 0 aromatic heterocycles. The molecule has 1 aromatic carbocycles. The molecule has 0 spiro atoms. The Morgan fingerprint density at radius 3 is 3.00 bits per heavy atom. The lowest BCUT2D eigenvalue weighted by atomic mass is 10.0. The molecule has 0 bridgehead atoms. The van der Waals surface area contributed by atoms with Gasteiger partial charge in [-0.25, -0.2) is 4.39 Å². The Morgan fingerprint density at radius 1 is 1.50 bits per heavy atom. The van der Waals surface area contributed by atoms with Crippen molar-refractivity contribution in [2.24, 2.45) is 5.73 Å². The molecule has 0 radical (unpaired) electrons. The molecule has 1 aliphatic rings. The standard InChI is InChI=1S/C14H18BrFN2O2/c15-10-4-5-13(12(16)7-10)20-9-14(19)18-6-2-1-3-11(18)8-17/h4-5,7,11H,1-3,6,8-9,17H2/t11-/m1/s1. The second-order valence-corrected chi connectivity index (χ2v) is 5.75. The third-order valence-corrected chi connectivity index (χ3v) is 3.96. The van der Waals surface area contributed by atoms with Gasteiger partial charge in [-0.05, 0) is 37.5 Å². The maximum atomic E-state index is 13.6. The van der Waals surface area contributed by atoms with Crippen LogP contribution in [0.3, 0.4) is 0 Å². The highest BCUT2D eigenvalue weighted by Gasteiger charge is 2.25. The van der Waals surface area contributed by atoms with Crippen LogP contribution in [0, 0.1) is 5.82 Å². The third kappa shape index (κ3) is 3.70. The number of hydrogen-bond donors (Lipinski definition) is 1. The molecule has 1 aliphatic heterocycles. The fraction of sp³-hybridized carbons (Fsp3) is 0.500. The highest BCUT2D eigenvalue weighted by atomic mass is 79.9. The Balaban J connectivity index is 1.94. The van der Waals surface area contributed by atoms with Gasteiger partial charge in [-0.3, -0.25) is 4.79 Å². The van der Waals surface area contributed by atoms with Gasteiger partial charge in [0.15, 0.2) is 18.2 Å². The van der Waals surface area contributed by atoms with E-state index in [0.717, 1.165) is 19.3 Å². The van der Waals surface area contributed by atoms with Crippen molar-refractivity contribution in [3.05, 3.63) is 28.5 Å². The number of halogens is 2. The van der Waals surface area contributed by atoms with Crippen molar-refractivity contribution in [3.8, 4) is 5.75 Å². The van der Waals surface area contributed by atoms with Gasteiger partial charge in [0.05, 0.1) is 0 Å². The van der Waals surface area contributed by atoms with Crippen LogP contribution >= 0.6 is 15.9 Å². The number of nitrogens with zero attached hydrogens (tertiary/aromatic N) is 1. The minimum absolute atomic E-state index is 0.0783. The Morgan fingerprint density at radius 2 is 2.30 bits per heavy atom. The van der Waals surface area contributed by atoms with Gasteiger partial charge in [0, 0.05) is 23.6 Å². The largest absolute Gasteiger partial charge is 0.481 e.